The fourth-order valence-corrected chi connectivity index (χ4v) is 1.86. The van der Waals surface area contributed by atoms with E-state index in [1.54, 1.807) is 6.07 Å². The molecule has 0 radical (unpaired) electrons. The molecule has 0 saturated carbocycles. The average molecular weight is 209 g/mol. The molecule has 1 aromatic carbocycles. The first-order valence-electron chi connectivity index (χ1n) is 5.65. The van der Waals surface area contributed by atoms with Gasteiger partial charge < -0.3 is 5.32 Å². The van der Waals surface area contributed by atoms with E-state index in [2.05, 4.69) is 19.2 Å². The van der Waals surface area contributed by atoms with Crippen LogP contribution in [0.1, 0.15) is 45.2 Å². The van der Waals surface area contributed by atoms with Crippen molar-refractivity contribution in [1.82, 2.24) is 5.32 Å². The van der Waals surface area contributed by atoms with Crippen LogP contribution in [0.25, 0.3) is 0 Å². The van der Waals surface area contributed by atoms with Gasteiger partial charge >= 0.3 is 0 Å². The van der Waals surface area contributed by atoms with Crippen LogP contribution in [-0.2, 0) is 0 Å². The Balaban J connectivity index is 2.61. The summed E-state index contributed by atoms with van der Waals surface area (Å²) in [5, 5.41) is 3.40. The molecule has 0 fully saturated rings. The lowest BCUT2D eigenvalue weighted by Crippen LogP contribution is -2.29. The molecule has 2 heteroatoms. The summed E-state index contributed by atoms with van der Waals surface area (Å²) in [4.78, 5) is 0. The topological polar surface area (TPSA) is 12.0 Å². The van der Waals surface area contributed by atoms with Crippen LogP contribution in [0.2, 0.25) is 0 Å². The molecule has 84 valence electrons. The van der Waals surface area contributed by atoms with Crippen LogP contribution in [0.4, 0.5) is 4.39 Å². The molecule has 1 N–H and O–H groups in total. The quantitative estimate of drug-likeness (QED) is 0.780. The van der Waals surface area contributed by atoms with Gasteiger partial charge in [0.1, 0.15) is 5.82 Å². The SMILES string of the molecule is CCCC(C)N[C@H](C)c1ccccc1F. The zero-order valence-electron chi connectivity index (χ0n) is 9.76. The maximum Gasteiger partial charge on any atom is 0.127 e. The van der Waals surface area contributed by atoms with E-state index in [1.807, 2.05) is 19.1 Å². The van der Waals surface area contributed by atoms with E-state index in [4.69, 9.17) is 0 Å². The van der Waals surface area contributed by atoms with Crippen molar-refractivity contribution in [2.75, 3.05) is 0 Å². The van der Waals surface area contributed by atoms with Crippen LogP contribution >= 0.6 is 0 Å². The Bertz CT molecular complexity index is 298. The van der Waals surface area contributed by atoms with Crippen LogP contribution in [0.15, 0.2) is 24.3 Å². The summed E-state index contributed by atoms with van der Waals surface area (Å²) in [7, 11) is 0. The molecular formula is C13H20FN. The van der Waals surface area contributed by atoms with Crippen LogP contribution < -0.4 is 5.32 Å². The molecule has 0 heterocycles. The van der Waals surface area contributed by atoms with E-state index in [1.165, 1.54) is 6.07 Å². The molecule has 1 aromatic rings. The summed E-state index contributed by atoms with van der Waals surface area (Å²) in [5.74, 6) is -0.124. The van der Waals surface area contributed by atoms with Gasteiger partial charge in [-0.1, -0.05) is 31.5 Å². The average Bonchev–Trinajstić information content (AvgIpc) is 2.18. The molecule has 0 aromatic heterocycles. The van der Waals surface area contributed by atoms with Crippen LogP contribution in [-0.4, -0.2) is 6.04 Å². The van der Waals surface area contributed by atoms with Gasteiger partial charge in [0, 0.05) is 17.6 Å². The molecule has 0 bridgehead atoms. The second kappa shape index (κ2) is 5.86. The molecule has 1 unspecified atom stereocenters. The first-order chi connectivity index (χ1) is 7.15. The molecule has 0 aliphatic rings. The van der Waals surface area contributed by atoms with Crippen LogP contribution in [0.5, 0.6) is 0 Å². The third-order valence-corrected chi connectivity index (χ3v) is 2.63. The number of hydrogen-bond donors (Lipinski definition) is 1. The molecule has 0 spiro atoms. The van der Waals surface area contributed by atoms with E-state index < -0.39 is 0 Å². The van der Waals surface area contributed by atoms with Crippen molar-refractivity contribution in [1.29, 1.82) is 0 Å². The van der Waals surface area contributed by atoms with E-state index in [0.717, 1.165) is 18.4 Å². The normalized spacial score (nSPS) is 14.9. The van der Waals surface area contributed by atoms with Crippen molar-refractivity contribution in [2.24, 2.45) is 0 Å². The zero-order chi connectivity index (χ0) is 11.3. The molecule has 0 saturated heterocycles. The van der Waals surface area contributed by atoms with Crippen LogP contribution in [0.3, 0.4) is 0 Å². The van der Waals surface area contributed by atoms with Gasteiger partial charge in [-0.25, -0.2) is 4.39 Å². The summed E-state index contributed by atoms with van der Waals surface area (Å²) in [5.41, 5.74) is 0.750. The van der Waals surface area contributed by atoms with Crippen LogP contribution in [0, 0.1) is 5.82 Å². The van der Waals surface area contributed by atoms with E-state index >= 15 is 0 Å². The van der Waals surface area contributed by atoms with Crippen molar-refractivity contribution in [3.63, 3.8) is 0 Å². The highest BCUT2D eigenvalue weighted by Gasteiger charge is 2.11. The minimum atomic E-state index is -0.124. The lowest BCUT2D eigenvalue weighted by molar-refractivity contribution is 0.440. The number of benzene rings is 1. The zero-order valence-corrected chi connectivity index (χ0v) is 9.76. The molecular weight excluding hydrogens is 189 g/mol. The molecule has 2 atom stereocenters. The first kappa shape index (κ1) is 12.2. The highest BCUT2D eigenvalue weighted by Crippen LogP contribution is 2.17. The molecule has 1 rings (SSSR count). The summed E-state index contributed by atoms with van der Waals surface area (Å²) in [6.45, 7) is 6.30. The van der Waals surface area contributed by atoms with Gasteiger partial charge in [0.15, 0.2) is 0 Å². The summed E-state index contributed by atoms with van der Waals surface area (Å²) in [6.07, 6.45) is 2.27. The third kappa shape index (κ3) is 3.63. The van der Waals surface area contributed by atoms with E-state index in [-0.39, 0.29) is 11.9 Å². The van der Waals surface area contributed by atoms with Crippen molar-refractivity contribution < 1.29 is 4.39 Å². The minimum absolute atomic E-state index is 0.0766. The van der Waals surface area contributed by atoms with Gasteiger partial charge in [-0.15, -0.1) is 0 Å². The maximum atomic E-state index is 13.4. The van der Waals surface area contributed by atoms with Crippen molar-refractivity contribution in [2.45, 2.75) is 45.7 Å². The Labute approximate surface area is 91.7 Å². The highest BCUT2D eigenvalue weighted by atomic mass is 19.1. The second-order valence-corrected chi connectivity index (χ2v) is 4.10. The number of rotatable bonds is 5. The number of halogens is 1. The lowest BCUT2D eigenvalue weighted by atomic mass is 10.1. The minimum Gasteiger partial charge on any atom is -0.308 e. The third-order valence-electron chi connectivity index (χ3n) is 2.63. The standard InChI is InChI=1S/C13H20FN/c1-4-7-10(2)15-11(3)12-8-5-6-9-13(12)14/h5-6,8-11,15H,4,7H2,1-3H3/t10?,11-/m1/s1. The van der Waals surface area contributed by atoms with Crippen molar-refractivity contribution in [3.8, 4) is 0 Å². The molecule has 0 aliphatic heterocycles. The van der Waals surface area contributed by atoms with Gasteiger partial charge in [-0.3, -0.25) is 0 Å². The predicted octanol–water partition coefficient (Wildman–Crippen LogP) is 3.66. The Morgan fingerprint density at radius 3 is 2.53 bits per heavy atom. The summed E-state index contributed by atoms with van der Waals surface area (Å²) < 4.78 is 13.4. The van der Waals surface area contributed by atoms with Gasteiger partial charge in [0.2, 0.25) is 0 Å². The smallest absolute Gasteiger partial charge is 0.127 e. The molecule has 0 aliphatic carbocycles. The molecule has 15 heavy (non-hydrogen) atoms. The lowest BCUT2D eigenvalue weighted by Gasteiger charge is -2.20. The monoisotopic (exact) mass is 209 g/mol. The fourth-order valence-electron chi connectivity index (χ4n) is 1.86. The first-order valence-corrected chi connectivity index (χ1v) is 5.65. The highest BCUT2D eigenvalue weighted by molar-refractivity contribution is 5.20. The second-order valence-electron chi connectivity index (χ2n) is 4.10. The van der Waals surface area contributed by atoms with Crippen molar-refractivity contribution in [3.05, 3.63) is 35.6 Å². The number of nitrogens with one attached hydrogen (secondary N) is 1. The number of hydrogen-bond acceptors (Lipinski definition) is 1. The maximum absolute atomic E-state index is 13.4. The van der Waals surface area contributed by atoms with Gasteiger partial charge in [0.25, 0.3) is 0 Å². The fraction of sp³-hybridized carbons (Fsp3) is 0.538. The molecule has 0 amide bonds. The van der Waals surface area contributed by atoms with E-state index in [9.17, 15) is 4.39 Å². The Morgan fingerprint density at radius 1 is 1.27 bits per heavy atom. The van der Waals surface area contributed by atoms with Gasteiger partial charge in [0.05, 0.1) is 0 Å². The van der Waals surface area contributed by atoms with Gasteiger partial charge in [-0.05, 0) is 26.3 Å². The summed E-state index contributed by atoms with van der Waals surface area (Å²) in [6, 6.07) is 7.46. The predicted molar refractivity (Wildman–Crippen MR) is 62.3 cm³/mol. The Hall–Kier alpha value is -0.890. The Morgan fingerprint density at radius 2 is 1.93 bits per heavy atom. The van der Waals surface area contributed by atoms with Crippen molar-refractivity contribution >= 4 is 0 Å². The Kier molecular flexibility index (Phi) is 4.76. The molecule has 1 nitrogen and oxygen atoms in total. The van der Waals surface area contributed by atoms with E-state index in [0.29, 0.717) is 6.04 Å². The van der Waals surface area contributed by atoms with Gasteiger partial charge in [-0.2, -0.15) is 0 Å². The largest absolute Gasteiger partial charge is 0.308 e. The summed E-state index contributed by atoms with van der Waals surface area (Å²) >= 11 is 0.